The van der Waals surface area contributed by atoms with Crippen molar-refractivity contribution in [1.82, 2.24) is 10.2 Å². The van der Waals surface area contributed by atoms with Crippen LogP contribution in [0.2, 0.25) is 0 Å². The number of hydrogen-bond acceptors (Lipinski definition) is 10. The first-order valence-electron chi connectivity index (χ1n) is 10.4. The van der Waals surface area contributed by atoms with Gasteiger partial charge in [-0.25, -0.2) is 8.42 Å². The number of carbonyl (C=O) groups excluding carboxylic acids is 2. The number of nitrogens with one attached hydrogen (secondary N) is 1. The molecular formula is C22H22N4O6S3. The van der Waals surface area contributed by atoms with E-state index in [2.05, 4.69) is 20.3 Å². The largest absolute Gasteiger partial charge is 0.476 e. The third kappa shape index (κ3) is 5.57. The lowest BCUT2D eigenvalue weighted by Crippen LogP contribution is -2.48. The molecule has 2 heterocycles. The maximum absolute atomic E-state index is 13.5. The highest BCUT2D eigenvalue weighted by Gasteiger charge is 2.38. The fourth-order valence-electron chi connectivity index (χ4n) is 3.25. The van der Waals surface area contributed by atoms with E-state index in [1.807, 2.05) is 13.8 Å². The standard InChI is InChI=1S/C22H22N4O6S3/c1-13-4-7-15(8-5-13)35(29,30)26-11-18(32-17-10-14(2)6-9-16(17)26)20(28)23-21-24-25-22(34-21)33-12-19(27)31-3/h4-10,18H,11-12H2,1-3H3,(H,23,24,28). The lowest BCUT2D eigenvalue weighted by Gasteiger charge is -2.34. The highest BCUT2D eigenvalue weighted by molar-refractivity contribution is 8.01. The van der Waals surface area contributed by atoms with Crippen LogP contribution < -0.4 is 14.4 Å². The van der Waals surface area contributed by atoms with Crippen LogP contribution in [-0.2, 0) is 24.3 Å². The first-order chi connectivity index (χ1) is 16.7. The maximum Gasteiger partial charge on any atom is 0.316 e. The van der Waals surface area contributed by atoms with Gasteiger partial charge in [0.2, 0.25) is 5.13 Å². The van der Waals surface area contributed by atoms with Crippen LogP contribution in [0.3, 0.4) is 0 Å². The van der Waals surface area contributed by atoms with E-state index in [4.69, 9.17) is 4.74 Å². The summed E-state index contributed by atoms with van der Waals surface area (Å²) >= 11 is 2.22. The molecule has 1 aliphatic rings. The van der Waals surface area contributed by atoms with Gasteiger partial charge in [-0.3, -0.25) is 19.2 Å². The Balaban J connectivity index is 1.57. The minimum Gasteiger partial charge on any atom is -0.476 e. The highest BCUT2D eigenvalue weighted by atomic mass is 32.2. The first-order valence-corrected chi connectivity index (χ1v) is 13.6. The molecule has 1 unspecified atom stereocenters. The molecule has 4 rings (SSSR count). The second-order valence-electron chi connectivity index (χ2n) is 7.65. The predicted molar refractivity (Wildman–Crippen MR) is 133 cm³/mol. The molecule has 0 spiro atoms. The number of rotatable bonds is 7. The second-order valence-corrected chi connectivity index (χ2v) is 11.7. The van der Waals surface area contributed by atoms with Crippen LogP contribution >= 0.6 is 23.1 Å². The van der Waals surface area contributed by atoms with Crippen molar-refractivity contribution in [2.45, 2.75) is 29.2 Å². The summed E-state index contributed by atoms with van der Waals surface area (Å²) in [5.74, 6) is -0.622. The van der Waals surface area contributed by atoms with Crippen molar-refractivity contribution in [3.8, 4) is 5.75 Å². The number of methoxy groups -OCH3 is 1. The van der Waals surface area contributed by atoms with Gasteiger partial charge in [-0.1, -0.05) is 46.9 Å². The van der Waals surface area contributed by atoms with Crippen LogP contribution in [0.5, 0.6) is 5.75 Å². The minimum absolute atomic E-state index is 0.0623. The smallest absolute Gasteiger partial charge is 0.316 e. The van der Waals surface area contributed by atoms with Gasteiger partial charge in [0.15, 0.2) is 10.4 Å². The molecule has 1 amide bonds. The number of anilines is 2. The number of hydrogen-bond donors (Lipinski definition) is 1. The minimum atomic E-state index is -3.96. The zero-order valence-corrected chi connectivity index (χ0v) is 21.5. The van der Waals surface area contributed by atoms with Crippen molar-refractivity contribution in [3.63, 3.8) is 0 Å². The van der Waals surface area contributed by atoms with Gasteiger partial charge in [-0.05, 0) is 43.7 Å². The van der Waals surface area contributed by atoms with Crippen LogP contribution in [0.1, 0.15) is 11.1 Å². The third-order valence-electron chi connectivity index (χ3n) is 5.06. The number of aromatic nitrogens is 2. The van der Waals surface area contributed by atoms with Gasteiger partial charge in [-0.2, -0.15) is 0 Å². The highest BCUT2D eigenvalue weighted by Crippen LogP contribution is 2.38. The number of benzene rings is 2. The van der Waals surface area contributed by atoms with Crippen LogP contribution in [0.25, 0.3) is 0 Å². The molecule has 3 aromatic rings. The van der Waals surface area contributed by atoms with Crippen molar-refractivity contribution in [1.29, 1.82) is 0 Å². The molecule has 0 aliphatic carbocycles. The summed E-state index contributed by atoms with van der Waals surface area (Å²) in [6.07, 6.45) is -1.13. The number of esters is 1. The fraction of sp³-hybridized carbons (Fsp3) is 0.273. The van der Waals surface area contributed by atoms with E-state index in [1.165, 1.54) is 23.5 Å². The van der Waals surface area contributed by atoms with Gasteiger partial charge in [0.05, 0.1) is 30.0 Å². The molecule has 0 saturated carbocycles. The quantitative estimate of drug-likeness (QED) is 0.276. The van der Waals surface area contributed by atoms with E-state index in [0.29, 0.717) is 15.8 Å². The molecule has 0 bridgehead atoms. The molecular weight excluding hydrogens is 512 g/mol. The van der Waals surface area contributed by atoms with Gasteiger partial charge in [-0.15, -0.1) is 10.2 Å². The molecule has 0 radical (unpaired) electrons. The average Bonchev–Trinajstić information content (AvgIpc) is 3.28. The molecule has 1 N–H and O–H groups in total. The Morgan fingerprint density at radius 1 is 1.17 bits per heavy atom. The van der Waals surface area contributed by atoms with E-state index >= 15 is 0 Å². The Bertz CT molecular complexity index is 1360. The van der Waals surface area contributed by atoms with E-state index in [9.17, 15) is 18.0 Å². The zero-order chi connectivity index (χ0) is 25.2. The number of fused-ring (bicyclic) bond motifs is 1. The van der Waals surface area contributed by atoms with Crippen LogP contribution in [-0.4, -0.2) is 56.0 Å². The van der Waals surface area contributed by atoms with Crippen molar-refractivity contribution in [2.24, 2.45) is 0 Å². The molecule has 0 saturated heterocycles. The molecule has 1 atom stereocenters. The Labute approximate surface area is 210 Å². The number of amides is 1. The van der Waals surface area contributed by atoms with Crippen molar-refractivity contribution < 1.29 is 27.5 Å². The van der Waals surface area contributed by atoms with Crippen LogP contribution in [0.15, 0.2) is 51.7 Å². The predicted octanol–water partition coefficient (Wildman–Crippen LogP) is 3.02. The Hall–Kier alpha value is -3.16. The lowest BCUT2D eigenvalue weighted by molar-refractivity contribution is -0.137. The van der Waals surface area contributed by atoms with Gasteiger partial charge >= 0.3 is 5.97 Å². The average molecular weight is 535 g/mol. The maximum atomic E-state index is 13.5. The van der Waals surface area contributed by atoms with Crippen LogP contribution in [0, 0.1) is 13.8 Å². The first kappa shape index (κ1) is 24.9. The van der Waals surface area contributed by atoms with Crippen molar-refractivity contribution in [2.75, 3.05) is 29.0 Å². The summed E-state index contributed by atoms with van der Waals surface area (Å²) in [5, 5.41) is 10.7. The van der Waals surface area contributed by atoms with Gasteiger partial charge in [0.1, 0.15) is 5.75 Å². The Morgan fingerprint density at radius 2 is 1.89 bits per heavy atom. The van der Waals surface area contributed by atoms with E-state index in [-0.39, 0.29) is 22.3 Å². The lowest BCUT2D eigenvalue weighted by atomic mass is 10.1. The molecule has 10 nitrogen and oxygen atoms in total. The van der Waals surface area contributed by atoms with E-state index in [0.717, 1.165) is 34.2 Å². The van der Waals surface area contributed by atoms with E-state index < -0.39 is 28.0 Å². The summed E-state index contributed by atoms with van der Waals surface area (Å²) < 4.78 is 39.2. The van der Waals surface area contributed by atoms with Crippen molar-refractivity contribution in [3.05, 3.63) is 53.6 Å². The molecule has 1 aliphatic heterocycles. The normalized spacial score (nSPS) is 15.2. The number of ether oxygens (including phenoxy) is 2. The number of nitrogens with zero attached hydrogens (tertiary/aromatic N) is 3. The molecule has 35 heavy (non-hydrogen) atoms. The summed E-state index contributed by atoms with van der Waals surface area (Å²) in [4.78, 5) is 24.5. The fourth-order valence-corrected chi connectivity index (χ4v) is 6.31. The van der Waals surface area contributed by atoms with Crippen LogP contribution in [0.4, 0.5) is 10.8 Å². The SMILES string of the molecule is COC(=O)CSc1nnc(NC(=O)C2CN(S(=O)(=O)c3ccc(C)cc3)c3ccc(C)cc3O2)s1. The van der Waals surface area contributed by atoms with Crippen molar-refractivity contribution >= 4 is 55.8 Å². The summed E-state index contributed by atoms with van der Waals surface area (Å²) in [6, 6.07) is 11.7. The molecule has 13 heteroatoms. The summed E-state index contributed by atoms with van der Waals surface area (Å²) in [6.45, 7) is 3.50. The second kappa shape index (κ2) is 10.2. The summed E-state index contributed by atoms with van der Waals surface area (Å²) in [5.41, 5.74) is 2.15. The van der Waals surface area contributed by atoms with Gasteiger partial charge < -0.3 is 9.47 Å². The van der Waals surface area contributed by atoms with Gasteiger partial charge in [0, 0.05) is 0 Å². The Morgan fingerprint density at radius 3 is 2.60 bits per heavy atom. The van der Waals surface area contributed by atoms with Gasteiger partial charge in [0.25, 0.3) is 15.9 Å². The monoisotopic (exact) mass is 534 g/mol. The number of thioether (sulfide) groups is 1. The van der Waals surface area contributed by atoms with E-state index in [1.54, 1.807) is 30.3 Å². The topological polar surface area (TPSA) is 128 Å². The third-order valence-corrected chi connectivity index (χ3v) is 8.80. The summed E-state index contributed by atoms with van der Waals surface area (Å²) in [7, 11) is -2.66. The molecule has 1 aromatic heterocycles. The molecule has 2 aromatic carbocycles. The molecule has 184 valence electrons. The number of carbonyl (C=O) groups is 2. The number of sulfonamides is 1. The Kier molecular flexibility index (Phi) is 7.28. The number of aryl methyl sites for hydroxylation is 2. The zero-order valence-electron chi connectivity index (χ0n) is 19.0. The molecule has 0 fully saturated rings.